The first-order valence-corrected chi connectivity index (χ1v) is 12.0. The van der Waals surface area contributed by atoms with Crippen molar-refractivity contribution >= 4 is 46.2 Å². The Labute approximate surface area is 218 Å². The van der Waals surface area contributed by atoms with Gasteiger partial charge < -0.3 is 16.0 Å². The smallest absolute Gasteiger partial charge is 0.253 e. The molecule has 4 aromatic rings. The van der Waals surface area contributed by atoms with Crippen LogP contribution in [0, 0.1) is 5.41 Å². The van der Waals surface area contributed by atoms with E-state index in [1.54, 1.807) is 42.7 Å². The number of carbonyl (C=O) groups excluding carboxylic acids is 1. The summed E-state index contributed by atoms with van der Waals surface area (Å²) in [5.74, 6) is -0.327. The van der Waals surface area contributed by atoms with E-state index in [0.717, 1.165) is 5.56 Å². The number of hydrogen-bond donors (Lipinski definition) is 3. The van der Waals surface area contributed by atoms with E-state index < -0.39 is 22.3 Å². The number of hydrogen-bond acceptors (Lipinski definition) is 6. The van der Waals surface area contributed by atoms with Gasteiger partial charge in [0.05, 0.1) is 17.9 Å². The van der Waals surface area contributed by atoms with Gasteiger partial charge in [0.15, 0.2) is 0 Å². The molecule has 184 valence electrons. The van der Waals surface area contributed by atoms with Crippen LogP contribution in [0.2, 0.25) is 10.0 Å². The maximum atomic E-state index is 12.8. The molecule has 9 heteroatoms. The van der Waals surface area contributed by atoms with Crippen LogP contribution in [0.5, 0.6) is 0 Å². The monoisotopic (exact) mass is 522 g/mol. The van der Waals surface area contributed by atoms with Crippen LogP contribution >= 0.6 is 23.2 Å². The van der Waals surface area contributed by atoms with E-state index >= 15 is 0 Å². The number of benzene rings is 2. The van der Waals surface area contributed by atoms with Crippen LogP contribution in [0.4, 0.5) is 17.1 Å². The number of pyridine rings is 1. The highest BCUT2D eigenvalue weighted by Gasteiger charge is 2.34. The molecular weight excluding hydrogens is 499 g/mol. The Balaban J connectivity index is 1.59. The van der Waals surface area contributed by atoms with Crippen molar-refractivity contribution in [3.8, 4) is 0 Å². The average molecular weight is 523 g/mol. The molecule has 1 aromatic heterocycles. The van der Waals surface area contributed by atoms with E-state index in [1.165, 1.54) is 0 Å². The molecule has 1 amide bonds. The lowest BCUT2D eigenvalue weighted by Crippen LogP contribution is -2.43. The number of aromatic nitrogens is 1. The Morgan fingerprint density at radius 2 is 1.61 bits per heavy atom. The largest absolute Gasteiger partial charge is 0.373 e. The van der Waals surface area contributed by atoms with Crippen LogP contribution in [0.15, 0.2) is 82.6 Å². The van der Waals surface area contributed by atoms with Crippen LogP contribution in [-0.2, 0) is 0 Å². The summed E-state index contributed by atoms with van der Waals surface area (Å²) in [5.41, 5.74) is 0.412. The van der Waals surface area contributed by atoms with Crippen molar-refractivity contribution in [1.29, 1.82) is 0 Å². The minimum Gasteiger partial charge on any atom is -0.373 e. The zero-order valence-corrected chi connectivity index (χ0v) is 21.2. The number of carbonyl (C=O) groups is 1. The second-order valence-corrected chi connectivity index (χ2v) is 9.97. The molecule has 0 aliphatic heterocycles. The highest BCUT2D eigenvalue weighted by atomic mass is 35.5. The van der Waals surface area contributed by atoms with Gasteiger partial charge in [-0.05, 0) is 35.9 Å². The van der Waals surface area contributed by atoms with Crippen LogP contribution in [0.25, 0.3) is 0 Å². The molecule has 1 atom stereocenters. The lowest BCUT2D eigenvalue weighted by Gasteiger charge is -2.37. The normalized spacial score (nSPS) is 12.2. The number of rotatable bonds is 9. The lowest BCUT2D eigenvalue weighted by molar-refractivity contribution is 0.0932. The minimum absolute atomic E-state index is 0.183. The first kappa shape index (κ1) is 25.4. The molecule has 1 unspecified atom stereocenters. The fourth-order valence-electron chi connectivity index (χ4n) is 3.95. The molecule has 0 fully saturated rings. The van der Waals surface area contributed by atoms with Crippen molar-refractivity contribution in [3.05, 3.63) is 115 Å². The van der Waals surface area contributed by atoms with Crippen LogP contribution < -0.4 is 26.8 Å². The molecular formula is C27H24Cl2N4O3. The molecule has 4 rings (SSSR count). The van der Waals surface area contributed by atoms with Crippen molar-refractivity contribution < 1.29 is 4.79 Å². The van der Waals surface area contributed by atoms with Crippen LogP contribution in [0.3, 0.4) is 0 Å². The first-order valence-electron chi connectivity index (χ1n) is 11.2. The van der Waals surface area contributed by atoms with Crippen molar-refractivity contribution in [2.24, 2.45) is 5.41 Å². The van der Waals surface area contributed by atoms with Gasteiger partial charge in [-0.1, -0.05) is 67.4 Å². The quantitative estimate of drug-likeness (QED) is 0.256. The van der Waals surface area contributed by atoms with Crippen molar-refractivity contribution in [2.75, 3.05) is 17.2 Å². The highest BCUT2D eigenvalue weighted by Crippen LogP contribution is 2.37. The van der Waals surface area contributed by atoms with Gasteiger partial charge in [-0.25, -0.2) is 0 Å². The van der Waals surface area contributed by atoms with Gasteiger partial charge in [-0.15, -0.1) is 0 Å². The van der Waals surface area contributed by atoms with Crippen molar-refractivity contribution in [3.63, 3.8) is 0 Å². The van der Waals surface area contributed by atoms with E-state index in [9.17, 15) is 14.4 Å². The molecule has 1 heterocycles. The highest BCUT2D eigenvalue weighted by molar-refractivity contribution is 6.35. The van der Waals surface area contributed by atoms with Gasteiger partial charge in [0, 0.05) is 33.8 Å². The standard InChI is InChI=1S/C27H24Cl2N4O3/c1-27(2,15-31-26(36)17-11-18(28)13-19(29)12-17)25(16-7-4-3-5-8-16)33-22-21(23(34)24(22)35)32-20-9-6-10-30-14-20/h3-14,25,32-33H,15H2,1-2H3,(H,31,36). The fourth-order valence-corrected chi connectivity index (χ4v) is 4.47. The number of anilines is 3. The SMILES string of the molecule is CC(C)(CNC(=O)c1cc(Cl)cc(Cl)c1)C(Nc1c(Nc2cccnc2)c(=O)c1=O)c1ccccc1. The maximum Gasteiger partial charge on any atom is 0.253 e. The third-order valence-corrected chi connectivity index (χ3v) is 6.31. The fraction of sp³-hybridized carbons (Fsp3) is 0.185. The van der Waals surface area contributed by atoms with Gasteiger partial charge in [0.25, 0.3) is 16.8 Å². The number of nitrogens with one attached hydrogen (secondary N) is 3. The van der Waals surface area contributed by atoms with Crippen molar-refractivity contribution in [1.82, 2.24) is 10.3 Å². The third kappa shape index (κ3) is 5.58. The third-order valence-electron chi connectivity index (χ3n) is 5.87. The van der Waals surface area contributed by atoms with E-state index in [0.29, 0.717) is 21.3 Å². The summed E-state index contributed by atoms with van der Waals surface area (Å²) in [6.45, 7) is 4.18. The Morgan fingerprint density at radius 3 is 2.25 bits per heavy atom. The molecule has 0 saturated heterocycles. The summed E-state index contributed by atoms with van der Waals surface area (Å²) < 4.78 is 0. The summed E-state index contributed by atoms with van der Waals surface area (Å²) in [5, 5.41) is 9.93. The van der Waals surface area contributed by atoms with E-state index in [4.69, 9.17) is 23.2 Å². The summed E-state index contributed by atoms with van der Waals surface area (Å²) in [6.07, 6.45) is 3.18. The summed E-state index contributed by atoms with van der Waals surface area (Å²) in [7, 11) is 0. The zero-order chi connectivity index (χ0) is 25.9. The predicted molar refractivity (Wildman–Crippen MR) is 144 cm³/mol. The van der Waals surface area contributed by atoms with Gasteiger partial charge >= 0.3 is 0 Å². The molecule has 0 aliphatic carbocycles. The van der Waals surface area contributed by atoms with Gasteiger partial charge in [-0.2, -0.15) is 0 Å². The molecule has 0 saturated carbocycles. The Bertz CT molecular complexity index is 1430. The van der Waals surface area contributed by atoms with Crippen LogP contribution in [0.1, 0.15) is 35.8 Å². The lowest BCUT2D eigenvalue weighted by atomic mass is 9.79. The summed E-state index contributed by atoms with van der Waals surface area (Å²) in [4.78, 5) is 41.8. The Kier molecular flexibility index (Phi) is 7.43. The van der Waals surface area contributed by atoms with Gasteiger partial charge in [0.2, 0.25) is 0 Å². The second kappa shape index (κ2) is 10.5. The minimum atomic E-state index is -0.601. The predicted octanol–water partition coefficient (Wildman–Crippen LogP) is 5.34. The molecule has 0 bridgehead atoms. The van der Waals surface area contributed by atoms with E-state index in [2.05, 4.69) is 20.9 Å². The van der Waals surface area contributed by atoms with Crippen molar-refractivity contribution in [2.45, 2.75) is 19.9 Å². The molecule has 0 spiro atoms. The zero-order valence-electron chi connectivity index (χ0n) is 19.6. The molecule has 3 N–H and O–H groups in total. The molecule has 7 nitrogen and oxygen atoms in total. The summed E-state index contributed by atoms with van der Waals surface area (Å²) in [6, 6.07) is 17.2. The molecule has 3 aromatic carbocycles. The molecule has 0 radical (unpaired) electrons. The average Bonchev–Trinajstić information content (AvgIpc) is 2.87. The first-order chi connectivity index (χ1) is 17.2. The Hall–Kier alpha value is -3.68. The summed E-state index contributed by atoms with van der Waals surface area (Å²) >= 11 is 12.1. The molecule has 36 heavy (non-hydrogen) atoms. The number of amides is 1. The number of nitrogens with zero attached hydrogens (tertiary/aromatic N) is 1. The van der Waals surface area contributed by atoms with Gasteiger partial charge in [0.1, 0.15) is 11.4 Å². The second-order valence-electron chi connectivity index (χ2n) is 9.09. The van der Waals surface area contributed by atoms with E-state index in [1.807, 2.05) is 44.2 Å². The Morgan fingerprint density at radius 1 is 0.944 bits per heavy atom. The topological polar surface area (TPSA) is 100 Å². The van der Waals surface area contributed by atoms with Crippen LogP contribution in [-0.4, -0.2) is 17.4 Å². The van der Waals surface area contributed by atoms with E-state index in [-0.39, 0.29) is 23.8 Å². The van der Waals surface area contributed by atoms with Gasteiger partial charge in [-0.3, -0.25) is 19.4 Å². The maximum absolute atomic E-state index is 12.8. The molecule has 0 aliphatic rings. The number of halogens is 2.